The fourth-order valence-electron chi connectivity index (χ4n) is 2.09. The molecular weight excluding hydrogens is 350 g/mol. The van der Waals surface area contributed by atoms with E-state index in [4.69, 9.17) is 9.84 Å². The first-order chi connectivity index (χ1) is 12.6. The number of rotatable bonds is 10. The fraction of sp³-hybridized carbons (Fsp3) is 0.200. The normalized spacial score (nSPS) is 10.6. The average Bonchev–Trinajstić information content (AvgIpc) is 2.65. The minimum Gasteiger partial charge on any atom is -0.489 e. The molecule has 0 saturated carbocycles. The van der Waals surface area contributed by atoms with Crippen LogP contribution in [0, 0.1) is 0 Å². The van der Waals surface area contributed by atoms with Crippen LogP contribution < -0.4 is 10.1 Å². The molecule has 0 aromatic heterocycles. The van der Waals surface area contributed by atoms with E-state index in [2.05, 4.69) is 5.32 Å². The lowest BCUT2D eigenvalue weighted by atomic mass is 10.2. The Balaban J connectivity index is 1.77. The van der Waals surface area contributed by atoms with Gasteiger partial charge in [-0.2, -0.15) is 0 Å². The summed E-state index contributed by atoms with van der Waals surface area (Å²) in [5.74, 6) is 0.282. The smallest absolute Gasteiger partial charge is 0.313 e. The van der Waals surface area contributed by atoms with Crippen molar-refractivity contribution >= 4 is 29.7 Å². The van der Waals surface area contributed by atoms with Crippen molar-refractivity contribution in [2.45, 2.75) is 6.61 Å². The molecule has 1 amide bonds. The Morgan fingerprint density at radius 1 is 1.12 bits per heavy atom. The number of thioether (sulfide) groups is 1. The zero-order valence-electron chi connectivity index (χ0n) is 14.3. The zero-order valence-corrected chi connectivity index (χ0v) is 15.1. The Morgan fingerprint density at radius 2 is 1.92 bits per heavy atom. The molecule has 26 heavy (non-hydrogen) atoms. The van der Waals surface area contributed by atoms with Crippen LogP contribution in [-0.2, 0) is 16.2 Å². The van der Waals surface area contributed by atoms with Gasteiger partial charge in [0.2, 0.25) is 5.91 Å². The molecule has 0 aliphatic rings. The monoisotopic (exact) mass is 371 g/mol. The van der Waals surface area contributed by atoms with E-state index in [1.165, 1.54) is 17.8 Å². The van der Waals surface area contributed by atoms with Crippen LogP contribution in [0.5, 0.6) is 5.75 Å². The average molecular weight is 371 g/mol. The number of carboxylic acid groups (broad SMARTS) is 1. The van der Waals surface area contributed by atoms with E-state index in [1.54, 1.807) is 6.08 Å². The number of hydrogen-bond acceptors (Lipinski definition) is 4. The van der Waals surface area contributed by atoms with Gasteiger partial charge in [0, 0.05) is 18.4 Å². The second kappa shape index (κ2) is 11.0. The van der Waals surface area contributed by atoms with Gasteiger partial charge in [-0.05, 0) is 29.3 Å². The van der Waals surface area contributed by atoms with Gasteiger partial charge in [-0.15, -0.1) is 11.8 Å². The third-order valence-corrected chi connectivity index (χ3v) is 4.25. The van der Waals surface area contributed by atoms with Gasteiger partial charge in [-0.25, -0.2) is 0 Å². The van der Waals surface area contributed by atoms with Crippen LogP contribution in [0.25, 0.3) is 6.08 Å². The van der Waals surface area contributed by atoms with Crippen molar-refractivity contribution in [1.29, 1.82) is 0 Å². The van der Waals surface area contributed by atoms with Crippen molar-refractivity contribution in [3.05, 3.63) is 71.8 Å². The summed E-state index contributed by atoms with van der Waals surface area (Å²) in [5.41, 5.74) is 1.96. The van der Waals surface area contributed by atoms with Crippen molar-refractivity contribution in [3.8, 4) is 5.75 Å². The number of benzene rings is 2. The maximum absolute atomic E-state index is 11.8. The van der Waals surface area contributed by atoms with Gasteiger partial charge in [0.25, 0.3) is 0 Å². The molecule has 6 heteroatoms. The Morgan fingerprint density at radius 3 is 2.69 bits per heavy atom. The lowest BCUT2D eigenvalue weighted by Crippen LogP contribution is -2.23. The van der Waals surface area contributed by atoms with E-state index in [-0.39, 0.29) is 11.7 Å². The third-order valence-electron chi connectivity index (χ3n) is 3.30. The Hall–Kier alpha value is -2.73. The quantitative estimate of drug-likeness (QED) is 0.495. The molecule has 0 saturated heterocycles. The number of ether oxygens (including phenoxy) is 1. The highest BCUT2D eigenvalue weighted by atomic mass is 32.2. The number of carboxylic acids is 1. The molecule has 0 heterocycles. The molecule has 0 spiro atoms. The number of amides is 1. The third kappa shape index (κ3) is 7.90. The number of hydrogen-bond donors (Lipinski definition) is 2. The molecule has 0 aliphatic heterocycles. The Labute approximate surface area is 157 Å². The lowest BCUT2D eigenvalue weighted by molar-refractivity contribution is -0.133. The lowest BCUT2D eigenvalue weighted by Gasteiger charge is -2.07. The van der Waals surface area contributed by atoms with Crippen LogP contribution in [0.4, 0.5) is 0 Å². The molecule has 0 fully saturated rings. The molecule has 2 aromatic carbocycles. The fourth-order valence-corrected chi connectivity index (χ4v) is 2.65. The van der Waals surface area contributed by atoms with E-state index in [9.17, 15) is 9.59 Å². The maximum atomic E-state index is 11.8. The molecule has 136 valence electrons. The van der Waals surface area contributed by atoms with E-state index in [0.29, 0.717) is 18.9 Å². The van der Waals surface area contributed by atoms with Crippen LogP contribution in [0.15, 0.2) is 60.7 Å². The van der Waals surface area contributed by atoms with Crippen LogP contribution in [0.2, 0.25) is 0 Å². The summed E-state index contributed by atoms with van der Waals surface area (Å²) in [4.78, 5) is 22.1. The maximum Gasteiger partial charge on any atom is 0.313 e. The first-order valence-electron chi connectivity index (χ1n) is 8.16. The number of aliphatic carboxylic acids is 1. The van der Waals surface area contributed by atoms with Crippen molar-refractivity contribution < 1.29 is 19.4 Å². The van der Waals surface area contributed by atoms with Crippen molar-refractivity contribution in [2.24, 2.45) is 0 Å². The predicted octanol–water partition coefficient (Wildman–Crippen LogP) is 3.21. The molecule has 0 atom stereocenters. The van der Waals surface area contributed by atoms with Crippen LogP contribution in [-0.4, -0.2) is 35.0 Å². The summed E-state index contributed by atoms with van der Waals surface area (Å²) in [6.45, 7) is 0.920. The summed E-state index contributed by atoms with van der Waals surface area (Å²) in [5, 5.41) is 11.2. The van der Waals surface area contributed by atoms with Crippen LogP contribution in [0.3, 0.4) is 0 Å². The summed E-state index contributed by atoms with van der Waals surface area (Å²) in [6.07, 6.45) is 3.17. The highest BCUT2D eigenvalue weighted by molar-refractivity contribution is 7.99. The van der Waals surface area contributed by atoms with Gasteiger partial charge in [0.05, 0.1) is 5.75 Å². The van der Waals surface area contributed by atoms with Crippen molar-refractivity contribution in [1.82, 2.24) is 5.32 Å². The highest BCUT2D eigenvalue weighted by Gasteiger charge is 2.00. The van der Waals surface area contributed by atoms with Crippen LogP contribution in [0.1, 0.15) is 11.1 Å². The molecule has 2 N–H and O–H groups in total. The number of nitrogens with one attached hydrogen (secondary N) is 1. The summed E-state index contributed by atoms with van der Waals surface area (Å²) < 4.78 is 5.77. The van der Waals surface area contributed by atoms with Gasteiger partial charge in [-0.1, -0.05) is 42.5 Å². The first-order valence-corrected chi connectivity index (χ1v) is 9.31. The Kier molecular flexibility index (Phi) is 8.29. The van der Waals surface area contributed by atoms with Gasteiger partial charge in [0.15, 0.2) is 0 Å². The molecule has 0 unspecified atom stereocenters. The molecule has 2 aromatic rings. The van der Waals surface area contributed by atoms with E-state index >= 15 is 0 Å². The van der Waals surface area contributed by atoms with Gasteiger partial charge in [0.1, 0.15) is 12.4 Å². The molecule has 0 radical (unpaired) electrons. The van der Waals surface area contributed by atoms with E-state index in [1.807, 2.05) is 54.6 Å². The zero-order chi connectivity index (χ0) is 18.6. The minimum atomic E-state index is -0.851. The van der Waals surface area contributed by atoms with Crippen molar-refractivity contribution in [2.75, 3.05) is 18.1 Å². The first kappa shape index (κ1) is 19.6. The summed E-state index contributed by atoms with van der Waals surface area (Å²) >= 11 is 1.27. The molecule has 0 bridgehead atoms. The number of carbonyl (C=O) groups is 2. The summed E-state index contributed by atoms with van der Waals surface area (Å²) in [7, 11) is 0. The van der Waals surface area contributed by atoms with E-state index < -0.39 is 5.97 Å². The standard InChI is InChI=1S/C20H21NO4S/c22-19(21-11-12-26-15-20(23)24)10-9-16-7-4-8-18(13-16)25-14-17-5-2-1-3-6-17/h1-10,13H,11-12,14-15H2,(H,21,22)(H,23,24)/b10-9+. The molecular formula is C20H21NO4S. The minimum absolute atomic E-state index is 0.0431. The second-order valence-corrected chi connectivity index (χ2v) is 6.52. The van der Waals surface area contributed by atoms with Crippen molar-refractivity contribution in [3.63, 3.8) is 0 Å². The highest BCUT2D eigenvalue weighted by Crippen LogP contribution is 2.16. The predicted molar refractivity (Wildman–Crippen MR) is 104 cm³/mol. The van der Waals surface area contributed by atoms with Crippen LogP contribution >= 0.6 is 11.8 Å². The van der Waals surface area contributed by atoms with Gasteiger partial charge < -0.3 is 15.2 Å². The van der Waals surface area contributed by atoms with Gasteiger partial charge >= 0.3 is 5.97 Å². The molecule has 0 aliphatic carbocycles. The molecule has 5 nitrogen and oxygen atoms in total. The number of carbonyl (C=O) groups excluding carboxylic acids is 1. The topological polar surface area (TPSA) is 75.6 Å². The van der Waals surface area contributed by atoms with Gasteiger partial charge in [-0.3, -0.25) is 9.59 Å². The SMILES string of the molecule is O=C(O)CSCCNC(=O)/C=C/c1cccc(OCc2ccccc2)c1. The molecule has 2 rings (SSSR count). The second-order valence-electron chi connectivity index (χ2n) is 5.42. The largest absolute Gasteiger partial charge is 0.489 e. The Bertz CT molecular complexity index is 746. The summed E-state index contributed by atoms with van der Waals surface area (Å²) in [6, 6.07) is 17.4. The van der Waals surface area contributed by atoms with E-state index in [0.717, 1.165) is 16.9 Å².